The molecule has 112 valence electrons. The molecule has 2 heterocycles. The van der Waals surface area contributed by atoms with Gasteiger partial charge in [-0.05, 0) is 30.9 Å². The predicted octanol–water partition coefficient (Wildman–Crippen LogP) is 2.87. The first-order chi connectivity index (χ1) is 10.3. The molecule has 0 bridgehead atoms. The average molecular weight is 287 g/mol. The summed E-state index contributed by atoms with van der Waals surface area (Å²) >= 11 is 0. The van der Waals surface area contributed by atoms with E-state index in [4.69, 9.17) is 9.26 Å². The van der Waals surface area contributed by atoms with Crippen LogP contribution in [-0.4, -0.2) is 23.8 Å². The minimum Gasteiger partial charge on any atom is -0.369 e. The number of hydrogen-bond donors (Lipinski definition) is 1. The highest BCUT2D eigenvalue weighted by Crippen LogP contribution is 2.28. The Hall–Kier alpha value is -1.72. The van der Waals surface area contributed by atoms with Crippen molar-refractivity contribution in [1.29, 1.82) is 0 Å². The molecule has 0 radical (unpaired) electrons. The first kappa shape index (κ1) is 14.2. The molecule has 1 aliphatic heterocycles. The van der Waals surface area contributed by atoms with Crippen LogP contribution in [0.1, 0.15) is 49.2 Å². The summed E-state index contributed by atoms with van der Waals surface area (Å²) in [4.78, 5) is 4.55. The molecule has 1 fully saturated rings. The van der Waals surface area contributed by atoms with Crippen molar-refractivity contribution >= 4 is 0 Å². The van der Waals surface area contributed by atoms with Crippen molar-refractivity contribution in [1.82, 2.24) is 15.5 Å². The van der Waals surface area contributed by atoms with Crippen LogP contribution in [0.5, 0.6) is 0 Å². The molecule has 0 saturated carbocycles. The van der Waals surface area contributed by atoms with Crippen molar-refractivity contribution in [3.63, 3.8) is 0 Å². The zero-order valence-electron chi connectivity index (χ0n) is 12.5. The van der Waals surface area contributed by atoms with Crippen molar-refractivity contribution in [2.75, 3.05) is 13.7 Å². The Morgan fingerprint density at radius 3 is 2.86 bits per heavy atom. The highest BCUT2D eigenvalue weighted by molar-refractivity contribution is 5.22. The van der Waals surface area contributed by atoms with Crippen LogP contribution in [0.3, 0.4) is 0 Å². The summed E-state index contributed by atoms with van der Waals surface area (Å²) in [6.45, 7) is 3.25. The van der Waals surface area contributed by atoms with Gasteiger partial charge in [0, 0.05) is 7.11 Å². The molecule has 5 heteroatoms. The first-order valence-electron chi connectivity index (χ1n) is 7.42. The predicted molar refractivity (Wildman–Crippen MR) is 78.7 cm³/mol. The molecule has 1 aliphatic rings. The normalized spacial score (nSPS) is 23.9. The van der Waals surface area contributed by atoms with E-state index in [1.807, 2.05) is 30.3 Å². The van der Waals surface area contributed by atoms with Gasteiger partial charge in [-0.2, -0.15) is 4.98 Å². The monoisotopic (exact) mass is 287 g/mol. The van der Waals surface area contributed by atoms with Gasteiger partial charge in [-0.15, -0.1) is 0 Å². The van der Waals surface area contributed by atoms with Gasteiger partial charge in [-0.25, -0.2) is 0 Å². The fourth-order valence-electron chi connectivity index (χ4n) is 2.81. The zero-order chi connectivity index (χ0) is 14.7. The van der Waals surface area contributed by atoms with E-state index in [1.54, 1.807) is 7.11 Å². The number of ether oxygens (including phenoxy) is 1. The summed E-state index contributed by atoms with van der Waals surface area (Å²) in [7, 11) is 1.66. The van der Waals surface area contributed by atoms with E-state index in [2.05, 4.69) is 22.4 Å². The number of piperidine rings is 1. The van der Waals surface area contributed by atoms with Crippen LogP contribution < -0.4 is 5.32 Å². The summed E-state index contributed by atoms with van der Waals surface area (Å²) in [5.74, 6) is 1.92. The fourth-order valence-corrected chi connectivity index (χ4v) is 2.81. The van der Waals surface area contributed by atoms with Crippen LogP contribution in [0.25, 0.3) is 0 Å². The van der Waals surface area contributed by atoms with E-state index in [-0.39, 0.29) is 12.1 Å². The third-order valence-corrected chi connectivity index (χ3v) is 3.99. The SMILES string of the molecule is COC(c1ccccc1)c1noc(C2CC(C)CCN2)n1. The lowest BCUT2D eigenvalue weighted by Crippen LogP contribution is -2.31. The molecule has 3 atom stereocenters. The molecule has 5 nitrogen and oxygen atoms in total. The summed E-state index contributed by atoms with van der Waals surface area (Å²) in [5.41, 5.74) is 1.03. The molecule has 3 rings (SSSR count). The maximum atomic E-state index is 5.54. The van der Waals surface area contributed by atoms with Gasteiger partial charge < -0.3 is 14.6 Å². The lowest BCUT2D eigenvalue weighted by Gasteiger charge is -2.25. The highest BCUT2D eigenvalue weighted by atomic mass is 16.5. The van der Waals surface area contributed by atoms with Gasteiger partial charge in [0.05, 0.1) is 6.04 Å². The van der Waals surface area contributed by atoms with E-state index >= 15 is 0 Å². The van der Waals surface area contributed by atoms with Gasteiger partial charge in [-0.1, -0.05) is 42.4 Å². The molecule has 0 aliphatic carbocycles. The van der Waals surface area contributed by atoms with Gasteiger partial charge in [0.2, 0.25) is 11.7 Å². The topological polar surface area (TPSA) is 60.2 Å². The van der Waals surface area contributed by atoms with Crippen LogP contribution in [0, 0.1) is 5.92 Å². The number of nitrogens with zero attached hydrogens (tertiary/aromatic N) is 2. The van der Waals surface area contributed by atoms with Crippen LogP contribution in [-0.2, 0) is 4.74 Å². The number of methoxy groups -OCH3 is 1. The highest BCUT2D eigenvalue weighted by Gasteiger charge is 2.27. The van der Waals surface area contributed by atoms with E-state index < -0.39 is 0 Å². The molecule has 3 unspecified atom stereocenters. The largest absolute Gasteiger partial charge is 0.369 e. The number of aromatic nitrogens is 2. The third-order valence-electron chi connectivity index (χ3n) is 3.99. The molecule has 21 heavy (non-hydrogen) atoms. The molecule has 0 amide bonds. The second kappa shape index (κ2) is 6.37. The summed E-state index contributed by atoms with van der Waals surface area (Å²) in [5, 5.41) is 7.55. The van der Waals surface area contributed by atoms with Gasteiger partial charge >= 0.3 is 0 Å². The maximum Gasteiger partial charge on any atom is 0.243 e. The van der Waals surface area contributed by atoms with Crippen LogP contribution in [0.4, 0.5) is 0 Å². The van der Waals surface area contributed by atoms with E-state index in [9.17, 15) is 0 Å². The van der Waals surface area contributed by atoms with Crippen molar-refractivity contribution in [2.45, 2.75) is 31.9 Å². The fraction of sp³-hybridized carbons (Fsp3) is 0.500. The van der Waals surface area contributed by atoms with E-state index in [1.165, 1.54) is 6.42 Å². The summed E-state index contributed by atoms with van der Waals surface area (Å²) in [6.07, 6.45) is 1.94. The standard InChI is InChI=1S/C16H21N3O2/c1-11-8-9-17-13(10-11)16-18-15(19-21-16)14(20-2)12-6-4-3-5-7-12/h3-7,11,13-14,17H,8-10H2,1-2H3. The van der Waals surface area contributed by atoms with E-state index in [0.717, 1.165) is 18.5 Å². The Morgan fingerprint density at radius 1 is 1.33 bits per heavy atom. The number of benzene rings is 1. The summed E-state index contributed by atoms with van der Waals surface area (Å²) in [6, 6.07) is 10.1. The Labute approximate surface area is 124 Å². The van der Waals surface area contributed by atoms with Crippen LogP contribution in [0.15, 0.2) is 34.9 Å². The van der Waals surface area contributed by atoms with E-state index in [0.29, 0.717) is 17.6 Å². The Bertz CT molecular complexity index is 570. The molecule has 1 aromatic heterocycles. The van der Waals surface area contributed by atoms with Gasteiger partial charge in [-0.3, -0.25) is 0 Å². The lowest BCUT2D eigenvalue weighted by molar-refractivity contribution is 0.126. The molecule has 2 aromatic rings. The Kier molecular flexibility index (Phi) is 4.31. The number of nitrogens with one attached hydrogen (secondary N) is 1. The zero-order valence-corrected chi connectivity index (χ0v) is 12.5. The lowest BCUT2D eigenvalue weighted by atomic mass is 9.94. The van der Waals surface area contributed by atoms with Crippen molar-refractivity contribution in [2.24, 2.45) is 5.92 Å². The number of hydrogen-bond acceptors (Lipinski definition) is 5. The molecule has 1 aromatic carbocycles. The van der Waals surface area contributed by atoms with Crippen molar-refractivity contribution in [3.8, 4) is 0 Å². The van der Waals surface area contributed by atoms with Crippen LogP contribution in [0.2, 0.25) is 0 Å². The second-order valence-corrected chi connectivity index (χ2v) is 5.65. The van der Waals surface area contributed by atoms with Gasteiger partial charge in [0.15, 0.2) is 0 Å². The first-order valence-corrected chi connectivity index (χ1v) is 7.42. The van der Waals surface area contributed by atoms with Gasteiger partial charge in [0.25, 0.3) is 0 Å². The molecular formula is C16H21N3O2. The Morgan fingerprint density at radius 2 is 2.14 bits per heavy atom. The van der Waals surface area contributed by atoms with Crippen LogP contribution >= 0.6 is 0 Å². The molecule has 0 spiro atoms. The van der Waals surface area contributed by atoms with Crippen molar-refractivity contribution in [3.05, 3.63) is 47.6 Å². The summed E-state index contributed by atoms with van der Waals surface area (Å²) < 4.78 is 11.0. The average Bonchev–Trinajstić information content (AvgIpc) is 2.99. The van der Waals surface area contributed by atoms with Crippen molar-refractivity contribution < 1.29 is 9.26 Å². The second-order valence-electron chi connectivity index (χ2n) is 5.65. The molecule has 1 N–H and O–H groups in total. The third kappa shape index (κ3) is 3.14. The van der Waals surface area contributed by atoms with Gasteiger partial charge in [0.1, 0.15) is 6.10 Å². The maximum absolute atomic E-state index is 5.54. The Balaban J connectivity index is 1.80. The molecular weight excluding hydrogens is 266 g/mol. The smallest absolute Gasteiger partial charge is 0.243 e. The molecule has 1 saturated heterocycles. The quantitative estimate of drug-likeness (QED) is 0.937. The minimum absolute atomic E-state index is 0.156. The minimum atomic E-state index is -0.287. The number of rotatable bonds is 4.